The van der Waals surface area contributed by atoms with Crippen molar-refractivity contribution >= 4 is 5.69 Å². The molecule has 6 nitrogen and oxygen atoms in total. The predicted octanol–water partition coefficient (Wildman–Crippen LogP) is 1.91. The van der Waals surface area contributed by atoms with Crippen LogP contribution in [0, 0.1) is 10.1 Å². The number of methoxy groups -OCH3 is 1. The molecule has 98 valence electrons. The Bertz CT molecular complexity index is 428. The van der Waals surface area contributed by atoms with Gasteiger partial charge in [0.15, 0.2) is 6.29 Å². The van der Waals surface area contributed by atoms with Gasteiger partial charge in [-0.1, -0.05) is 0 Å². The van der Waals surface area contributed by atoms with Crippen LogP contribution in [0.5, 0.6) is 5.75 Å². The van der Waals surface area contributed by atoms with Gasteiger partial charge in [0, 0.05) is 18.1 Å². The van der Waals surface area contributed by atoms with Gasteiger partial charge in [0.2, 0.25) is 0 Å². The van der Waals surface area contributed by atoms with Crippen molar-refractivity contribution in [2.45, 2.75) is 19.1 Å². The quantitative estimate of drug-likeness (QED) is 0.605. The van der Waals surface area contributed by atoms with Crippen molar-refractivity contribution in [3.8, 4) is 5.75 Å². The Morgan fingerprint density at radius 3 is 2.78 bits per heavy atom. The number of hydrogen-bond donors (Lipinski definition) is 0. The largest absolute Gasteiger partial charge is 0.497 e. The van der Waals surface area contributed by atoms with Gasteiger partial charge in [-0.25, -0.2) is 0 Å². The van der Waals surface area contributed by atoms with Crippen LogP contribution in [-0.4, -0.2) is 31.5 Å². The summed E-state index contributed by atoms with van der Waals surface area (Å²) in [5, 5.41) is 10.9. The molecule has 1 heterocycles. The third-order valence-electron chi connectivity index (χ3n) is 2.77. The van der Waals surface area contributed by atoms with E-state index < -0.39 is 11.2 Å². The minimum absolute atomic E-state index is 0.0635. The first-order valence-corrected chi connectivity index (χ1v) is 5.75. The molecule has 1 aromatic carbocycles. The van der Waals surface area contributed by atoms with E-state index in [1.807, 2.05) is 0 Å². The summed E-state index contributed by atoms with van der Waals surface area (Å²) in [6, 6.07) is 4.67. The van der Waals surface area contributed by atoms with E-state index in [9.17, 15) is 10.1 Å². The van der Waals surface area contributed by atoms with Crippen LogP contribution in [0.3, 0.4) is 0 Å². The van der Waals surface area contributed by atoms with Gasteiger partial charge in [0.25, 0.3) is 5.69 Å². The highest BCUT2D eigenvalue weighted by molar-refractivity contribution is 5.45. The second kappa shape index (κ2) is 5.79. The van der Waals surface area contributed by atoms with Crippen LogP contribution in [-0.2, 0) is 15.9 Å². The Morgan fingerprint density at radius 2 is 2.17 bits per heavy atom. The molecule has 0 bridgehead atoms. The highest BCUT2D eigenvalue weighted by atomic mass is 16.7. The van der Waals surface area contributed by atoms with Crippen molar-refractivity contribution in [3.05, 3.63) is 33.9 Å². The second-order valence-corrected chi connectivity index (χ2v) is 3.98. The van der Waals surface area contributed by atoms with Crippen LogP contribution in [0.1, 0.15) is 12.0 Å². The number of nitrogens with zero attached hydrogens (tertiary/aromatic N) is 1. The summed E-state index contributed by atoms with van der Waals surface area (Å²) in [4.78, 5) is 10.5. The summed E-state index contributed by atoms with van der Waals surface area (Å²) >= 11 is 0. The minimum atomic E-state index is -0.412. The smallest absolute Gasteiger partial charge is 0.273 e. The summed E-state index contributed by atoms with van der Waals surface area (Å²) in [6.45, 7) is 1.25. The lowest BCUT2D eigenvalue weighted by molar-refractivity contribution is -0.385. The third-order valence-corrected chi connectivity index (χ3v) is 2.77. The number of ether oxygens (including phenoxy) is 3. The Morgan fingerprint density at radius 1 is 1.44 bits per heavy atom. The Hall–Kier alpha value is -1.66. The maximum atomic E-state index is 10.9. The molecule has 1 fully saturated rings. The van der Waals surface area contributed by atoms with Crippen molar-refractivity contribution in [3.63, 3.8) is 0 Å². The van der Waals surface area contributed by atoms with Crippen LogP contribution < -0.4 is 4.74 Å². The normalized spacial score (nSPS) is 16.5. The average Bonchev–Trinajstić information content (AvgIpc) is 2.39. The molecule has 0 atom stereocenters. The molecular formula is C12H15NO5. The van der Waals surface area contributed by atoms with Crippen molar-refractivity contribution in [1.29, 1.82) is 0 Å². The fourth-order valence-electron chi connectivity index (χ4n) is 1.86. The van der Waals surface area contributed by atoms with E-state index >= 15 is 0 Å². The number of nitro groups is 1. The maximum absolute atomic E-state index is 10.9. The van der Waals surface area contributed by atoms with E-state index in [1.165, 1.54) is 13.2 Å². The van der Waals surface area contributed by atoms with Gasteiger partial charge in [-0.05, 0) is 18.6 Å². The SMILES string of the molecule is COc1ccc([N+](=O)[O-])c(CC2OCCCO2)c1. The lowest BCUT2D eigenvalue weighted by Crippen LogP contribution is -2.27. The molecular weight excluding hydrogens is 238 g/mol. The lowest BCUT2D eigenvalue weighted by atomic mass is 10.1. The topological polar surface area (TPSA) is 70.8 Å². The van der Waals surface area contributed by atoms with Crippen LogP contribution in [0.15, 0.2) is 18.2 Å². The summed E-state index contributed by atoms with van der Waals surface area (Å²) < 4.78 is 15.9. The lowest BCUT2D eigenvalue weighted by Gasteiger charge is -2.23. The molecule has 0 amide bonds. The van der Waals surface area contributed by atoms with Gasteiger partial charge >= 0.3 is 0 Å². The van der Waals surface area contributed by atoms with E-state index in [0.717, 1.165) is 6.42 Å². The molecule has 0 spiro atoms. The van der Waals surface area contributed by atoms with E-state index in [2.05, 4.69) is 0 Å². The summed E-state index contributed by atoms with van der Waals surface area (Å²) in [6.07, 6.45) is 0.800. The van der Waals surface area contributed by atoms with Crippen molar-refractivity contribution in [2.75, 3.05) is 20.3 Å². The standard InChI is InChI=1S/C12H15NO5/c1-16-10-3-4-11(13(14)15)9(7-10)8-12-17-5-2-6-18-12/h3-4,7,12H,2,5-6,8H2,1H3. The van der Waals surface area contributed by atoms with Gasteiger partial charge < -0.3 is 14.2 Å². The van der Waals surface area contributed by atoms with Gasteiger partial charge in [0.1, 0.15) is 5.75 Å². The van der Waals surface area contributed by atoms with Gasteiger partial charge in [0.05, 0.1) is 25.2 Å². The number of benzene rings is 1. The van der Waals surface area contributed by atoms with E-state index in [1.54, 1.807) is 12.1 Å². The Kier molecular flexibility index (Phi) is 4.11. The highest BCUT2D eigenvalue weighted by Crippen LogP contribution is 2.26. The van der Waals surface area contributed by atoms with E-state index in [-0.39, 0.29) is 5.69 Å². The molecule has 2 rings (SSSR count). The zero-order valence-electron chi connectivity index (χ0n) is 10.1. The fourth-order valence-corrected chi connectivity index (χ4v) is 1.86. The van der Waals surface area contributed by atoms with Crippen LogP contribution in [0.4, 0.5) is 5.69 Å². The molecule has 0 aromatic heterocycles. The summed E-state index contributed by atoms with van der Waals surface area (Å²) in [5.74, 6) is 0.589. The predicted molar refractivity (Wildman–Crippen MR) is 63.7 cm³/mol. The molecule has 1 saturated heterocycles. The Balaban J connectivity index is 2.19. The summed E-state index contributed by atoms with van der Waals surface area (Å²) in [7, 11) is 1.53. The zero-order valence-corrected chi connectivity index (χ0v) is 10.1. The molecule has 18 heavy (non-hydrogen) atoms. The van der Waals surface area contributed by atoms with Crippen LogP contribution in [0.2, 0.25) is 0 Å². The first-order chi connectivity index (χ1) is 8.70. The zero-order chi connectivity index (χ0) is 13.0. The van der Waals surface area contributed by atoms with Gasteiger partial charge in [-0.2, -0.15) is 0 Å². The molecule has 0 radical (unpaired) electrons. The number of nitro benzene ring substituents is 1. The monoisotopic (exact) mass is 253 g/mol. The minimum Gasteiger partial charge on any atom is -0.497 e. The van der Waals surface area contributed by atoms with Gasteiger partial charge in [-0.3, -0.25) is 10.1 Å². The number of hydrogen-bond acceptors (Lipinski definition) is 5. The molecule has 1 aromatic rings. The van der Waals surface area contributed by atoms with Crippen molar-refractivity contribution < 1.29 is 19.1 Å². The second-order valence-electron chi connectivity index (χ2n) is 3.98. The third kappa shape index (κ3) is 2.96. The Labute approximate surface area is 105 Å². The average molecular weight is 253 g/mol. The first-order valence-electron chi connectivity index (χ1n) is 5.75. The molecule has 6 heteroatoms. The first kappa shape index (κ1) is 12.8. The molecule has 1 aliphatic heterocycles. The van der Waals surface area contributed by atoms with E-state index in [4.69, 9.17) is 14.2 Å². The fraction of sp³-hybridized carbons (Fsp3) is 0.500. The molecule has 0 aliphatic carbocycles. The van der Waals surface area contributed by atoms with Crippen molar-refractivity contribution in [1.82, 2.24) is 0 Å². The molecule has 0 N–H and O–H groups in total. The molecule has 0 saturated carbocycles. The number of rotatable bonds is 4. The highest BCUT2D eigenvalue weighted by Gasteiger charge is 2.21. The van der Waals surface area contributed by atoms with Crippen molar-refractivity contribution in [2.24, 2.45) is 0 Å². The molecule has 1 aliphatic rings. The molecule has 0 unspecified atom stereocenters. The summed E-state index contributed by atoms with van der Waals surface area (Å²) in [5.41, 5.74) is 0.625. The van der Waals surface area contributed by atoms with Crippen LogP contribution >= 0.6 is 0 Å². The maximum Gasteiger partial charge on any atom is 0.273 e. The van der Waals surface area contributed by atoms with Gasteiger partial charge in [-0.15, -0.1) is 0 Å². The van der Waals surface area contributed by atoms with Crippen LogP contribution in [0.25, 0.3) is 0 Å². The van der Waals surface area contributed by atoms with E-state index in [0.29, 0.717) is 30.9 Å².